The van der Waals surface area contributed by atoms with Crippen molar-refractivity contribution >= 4 is 22.5 Å². The van der Waals surface area contributed by atoms with E-state index in [9.17, 15) is 22.8 Å². The van der Waals surface area contributed by atoms with Gasteiger partial charge < -0.3 is 5.32 Å². The maximum absolute atomic E-state index is 13.5. The second kappa shape index (κ2) is 6.11. The number of nitrogens with zero attached hydrogens (tertiary/aromatic N) is 3. The maximum Gasteiger partial charge on any atom is 0.278 e. The topological polar surface area (TPSA) is 76.9 Å². The number of benzene rings is 2. The molecule has 0 bridgehead atoms. The summed E-state index contributed by atoms with van der Waals surface area (Å²) >= 11 is 0. The van der Waals surface area contributed by atoms with Crippen LogP contribution in [0.1, 0.15) is 0 Å². The Morgan fingerprint density at radius 2 is 1.83 bits per heavy atom. The number of carbonyl (C=O) groups is 1. The fourth-order valence-corrected chi connectivity index (χ4v) is 2.08. The van der Waals surface area contributed by atoms with Crippen LogP contribution in [0.2, 0.25) is 0 Å². The first-order valence-electron chi connectivity index (χ1n) is 6.73. The SMILES string of the molecule is O=C(Cn1nnc2ccccc2c1=O)Nc1ccc(F)c(F)c1F. The molecule has 0 atom stereocenters. The summed E-state index contributed by atoms with van der Waals surface area (Å²) in [6, 6.07) is 7.98. The van der Waals surface area contributed by atoms with Gasteiger partial charge in [-0.2, -0.15) is 0 Å². The number of hydrogen-bond acceptors (Lipinski definition) is 4. The van der Waals surface area contributed by atoms with E-state index in [-0.39, 0.29) is 5.39 Å². The minimum Gasteiger partial charge on any atom is -0.322 e. The van der Waals surface area contributed by atoms with Crippen LogP contribution in [-0.2, 0) is 11.3 Å². The van der Waals surface area contributed by atoms with Gasteiger partial charge in [0.05, 0.1) is 11.1 Å². The minimum atomic E-state index is -1.70. The average molecular weight is 334 g/mol. The van der Waals surface area contributed by atoms with Gasteiger partial charge >= 0.3 is 0 Å². The van der Waals surface area contributed by atoms with E-state index in [1.54, 1.807) is 18.2 Å². The van der Waals surface area contributed by atoms with E-state index in [0.717, 1.165) is 10.7 Å². The van der Waals surface area contributed by atoms with Gasteiger partial charge in [-0.1, -0.05) is 17.3 Å². The first-order valence-corrected chi connectivity index (χ1v) is 6.73. The van der Waals surface area contributed by atoms with E-state index in [1.165, 1.54) is 6.07 Å². The average Bonchev–Trinajstić information content (AvgIpc) is 2.58. The molecule has 0 saturated carbocycles. The number of hydrogen-bond donors (Lipinski definition) is 1. The quantitative estimate of drug-likeness (QED) is 0.742. The molecule has 1 aromatic heterocycles. The molecule has 0 aliphatic carbocycles. The predicted octanol–water partition coefficient (Wildman–Crippen LogP) is 1.85. The fraction of sp³-hybridized carbons (Fsp3) is 0.0667. The lowest BCUT2D eigenvalue weighted by Crippen LogP contribution is -2.30. The van der Waals surface area contributed by atoms with Crippen LogP contribution >= 0.6 is 0 Å². The largest absolute Gasteiger partial charge is 0.322 e. The lowest BCUT2D eigenvalue weighted by molar-refractivity contribution is -0.117. The molecule has 0 aliphatic rings. The molecule has 0 fully saturated rings. The Morgan fingerprint density at radius 3 is 2.62 bits per heavy atom. The molecule has 0 radical (unpaired) electrons. The molecule has 24 heavy (non-hydrogen) atoms. The molecule has 0 aliphatic heterocycles. The van der Waals surface area contributed by atoms with Crippen LogP contribution in [0.25, 0.3) is 10.9 Å². The molecule has 6 nitrogen and oxygen atoms in total. The van der Waals surface area contributed by atoms with Gasteiger partial charge in [-0.3, -0.25) is 9.59 Å². The molecule has 3 aromatic rings. The van der Waals surface area contributed by atoms with Gasteiger partial charge in [0, 0.05) is 0 Å². The molecule has 122 valence electrons. The van der Waals surface area contributed by atoms with E-state index in [2.05, 4.69) is 15.6 Å². The van der Waals surface area contributed by atoms with E-state index in [0.29, 0.717) is 11.6 Å². The third kappa shape index (κ3) is 2.83. The Hall–Kier alpha value is -3.23. The second-order valence-electron chi connectivity index (χ2n) is 4.84. The van der Waals surface area contributed by atoms with Crippen LogP contribution in [0.5, 0.6) is 0 Å². The molecule has 0 spiro atoms. The highest BCUT2D eigenvalue weighted by molar-refractivity contribution is 5.90. The van der Waals surface area contributed by atoms with Crippen LogP contribution in [0.15, 0.2) is 41.2 Å². The van der Waals surface area contributed by atoms with E-state index >= 15 is 0 Å². The highest BCUT2D eigenvalue weighted by atomic mass is 19.2. The van der Waals surface area contributed by atoms with Crippen molar-refractivity contribution in [3.05, 3.63) is 64.2 Å². The molecule has 1 N–H and O–H groups in total. The van der Waals surface area contributed by atoms with E-state index in [1.807, 2.05) is 0 Å². The van der Waals surface area contributed by atoms with Crippen molar-refractivity contribution in [1.29, 1.82) is 0 Å². The van der Waals surface area contributed by atoms with Gasteiger partial charge in [-0.25, -0.2) is 17.9 Å². The molecule has 2 aromatic carbocycles. The van der Waals surface area contributed by atoms with Gasteiger partial charge in [0.2, 0.25) is 5.91 Å². The van der Waals surface area contributed by atoms with Crippen molar-refractivity contribution in [3.63, 3.8) is 0 Å². The summed E-state index contributed by atoms with van der Waals surface area (Å²) in [7, 11) is 0. The first-order chi connectivity index (χ1) is 11.5. The molecule has 0 saturated heterocycles. The molecule has 3 rings (SSSR count). The number of nitrogens with one attached hydrogen (secondary N) is 1. The van der Waals surface area contributed by atoms with Crippen LogP contribution < -0.4 is 10.9 Å². The summed E-state index contributed by atoms with van der Waals surface area (Å²) in [4.78, 5) is 24.1. The summed E-state index contributed by atoms with van der Waals surface area (Å²) in [6.07, 6.45) is 0. The molecule has 9 heteroatoms. The van der Waals surface area contributed by atoms with E-state index in [4.69, 9.17) is 0 Å². The summed E-state index contributed by atoms with van der Waals surface area (Å²) in [5.41, 5.74) is -0.729. The predicted molar refractivity (Wildman–Crippen MR) is 78.7 cm³/mol. The van der Waals surface area contributed by atoms with Crippen LogP contribution in [0.3, 0.4) is 0 Å². The van der Waals surface area contributed by atoms with Crippen molar-refractivity contribution in [3.8, 4) is 0 Å². The number of aromatic nitrogens is 3. The van der Waals surface area contributed by atoms with Crippen molar-refractivity contribution in [2.45, 2.75) is 6.54 Å². The Kier molecular flexibility index (Phi) is 3.98. The Labute approximate surface area is 132 Å². The molecular weight excluding hydrogens is 325 g/mol. The lowest BCUT2D eigenvalue weighted by Gasteiger charge is -2.08. The monoisotopic (exact) mass is 334 g/mol. The molecule has 1 amide bonds. The third-order valence-corrected chi connectivity index (χ3v) is 3.23. The van der Waals surface area contributed by atoms with Gasteiger partial charge in [-0.15, -0.1) is 5.10 Å². The lowest BCUT2D eigenvalue weighted by atomic mass is 10.2. The number of carbonyl (C=O) groups excluding carboxylic acids is 1. The van der Waals surface area contributed by atoms with Crippen LogP contribution in [0, 0.1) is 17.5 Å². The summed E-state index contributed by atoms with van der Waals surface area (Å²) < 4.78 is 40.3. The fourth-order valence-electron chi connectivity index (χ4n) is 2.08. The van der Waals surface area contributed by atoms with Crippen LogP contribution in [0.4, 0.5) is 18.9 Å². The van der Waals surface area contributed by atoms with Gasteiger partial charge in [0.15, 0.2) is 17.5 Å². The smallest absolute Gasteiger partial charge is 0.278 e. The number of rotatable bonds is 3. The summed E-state index contributed by atoms with van der Waals surface area (Å²) in [5, 5.41) is 9.72. The number of anilines is 1. The highest BCUT2D eigenvalue weighted by Crippen LogP contribution is 2.19. The standard InChI is InChI=1S/C15H9F3N4O2/c16-9-5-6-11(14(18)13(9)17)19-12(23)7-22-15(24)8-3-1-2-4-10(8)20-21-22/h1-6H,7H2,(H,19,23). The number of amides is 1. The number of fused-ring (bicyclic) bond motifs is 1. The molecule has 0 unspecified atom stereocenters. The minimum absolute atomic E-state index is 0.263. The summed E-state index contributed by atoms with van der Waals surface area (Å²) in [6.45, 7) is -0.560. The van der Waals surface area contributed by atoms with E-state index < -0.39 is 41.2 Å². The Balaban J connectivity index is 1.84. The van der Waals surface area contributed by atoms with Gasteiger partial charge in [0.1, 0.15) is 12.1 Å². The molecule has 1 heterocycles. The Bertz CT molecular complexity index is 1000. The zero-order chi connectivity index (χ0) is 17.3. The maximum atomic E-state index is 13.5. The third-order valence-electron chi connectivity index (χ3n) is 3.23. The second-order valence-corrected chi connectivity index (χ2v) is 4.84. The van der Waals surface area contributed by atoms with Crippen molar-refractivity contribution in [1.82, 2.24) is 15.0 Å². The summed E-state index contributed by atoms with van der Waals surface area (Å²) in [5.74, 6) is -5.44. The highest BCUT2D eigenvalue weighted by Gasteiger charge is 2.16. The van der Waals surface area contributed by atoms with Crippen molar-refractivity contribution < 1.29 is 18.0 Å². The normalized spacial score (nSPS) is 10.8. The van der Waals surface area contributed by atoms with Crippen molar-refractivity contribution in [2.75, 3.05) is 5.32 Å². The Morgan fingerprint density at radius 1 is 1.08 bits per heavy atom. The van der Waals surface area contributed by atoms with Crippen molar-refractivity contribution in [2.24, 2.45) is 0 Å². The number of halogens is 3. The zero-order valence-electron chi connectivity index (χ0n) is 12.0. The van der Waals surface area contributed by atoms with Gasteiger partial charge in [0.25, 0.3) is 5.56 Å². The van der Waals surface area contributed by atoms with Gasteiger partial charge in [-0.05, 0) is 24.3 Å². The zero-order valence-corrected chi connectivity index (χ0v) is 12.0. The molecular formula is C15H9F3N4O2. The first kappa shape index (κ1) is 15.7. The van der Waals surface area contributed by atoms with Crippen LogP contribution in [-0.4, -0.2) is 20.9 Å².